The van der Waals surface area contributed by atoms with Crippen LogP contribution in [0.2, 0.25) is 0 Å². The van der Waals surface area contributed by atoms with Crippen molar-refractivity contribution >= 4 is 51.5 Å². The number of fused-ring (bicyclic) bond motifs is 1. The number of hydrogen-bond acceptors (Lipinski definition) is 7. The predicted octanol–water partition coefficient (Wildman–Crippen LogP) is 5.18. The number of hydrogen-bond donors (Lipinski definition) is 2. The van der Waals surface area contributed by atoms with Gasteiger partial charge in [-0.2, -0.15) is 0 Å². The molecular weight excluding hydrogens is 529 g/mol. The van der Waals surface area contributed by atoms with Crippen LogP contribution in [0.1, 0.15) is 6.92 Å². The molecule has 1 saturated heterocycles. The van der Waals surface area contributed by atoms with Gasteiger partial charge in [-0.15, -0.1) is 0 Å². The van der Waals surface area contributed by atoms with Crippen molar-refractivity contribution in [2.24, 2.45) is 5.92 Å². The molecule has 4 amide bonds. The minimum Gasteiger partial charge on any atom is -0.493 e. The first-order chi connectivity index (χ1) is 19.8. The molecule has 1 fully saturated rings. The number of aromatic nitrogens is 1. The Kier molecular flexibility index (Phi) is 7.68. The Bertz CT molecular complexity index is 1610. The number of nitrogens with one attached hydrogen (secondary N) is 2. The zero-order valence-corrected chi connectivity index (χ0v) is 22.7. The number of anilines is 4. The minimum atomic E-state index is -1.13. The summed E-state index contributed by atoms with van der Waals surface area (Å²) in [4.78, 5) is 46.1. The molecule has 11 heteroatoms. The van der Waals surface area contributed by atoms with Crippen molar-refractivity contribution in [1.29, 1.82) is 0 Å². The zero-order chi connectivity index (χ0) is 29.1. The highest BCUT2D eigenvalue weighted by molar-refractivity contribution is 6.23. The second-order valence-corrected chi connectivity index (χ2v) is 9.30. The molecule has 0 saturated carbocycles. The second-order valence-electron chi connectivity index (χ2n) is 9.30. The topological polar surface area (TPSA) is 113 Å². The van der Waals surface area contributed by atoms with Gasteiger partial charge in [0.05, 0.1) is 25.4 Å². The van der Waals surface area contributed by atoms with E-state index in [0.29, 0.717) is 23.7 Å². The molecule has 0 radical (unpaired) electrons. The van der Waals surface area contributed by atoms with Gasteiger partial charge in [-0.25, -0.2) is 14.1 Å². The van der Waals surface area contributed by atoms with Crippen molar-refractivity contribution in [3.05, 3.63) is 78.7 Å². The largest absolute Gasteiger partial charge is 0.493 e. The molecule has 2 N–H and O–H groups in total. The molecule has 2 heterocycles. The van der Waals surface area contributed by atoms with E-state index >= 15 is 0 Å². The van der Waals surface area contributed by atoms with Gasteiger partial charge >= 0.3 is 6.03 Å². The first-order valence-corrected chi connectivity index (χ1v) is 12.9. The molecule has 41 heavy (non-hydrogen) atoms. The van der Waals surface area contributed by atoms with Crippen LogP contribution in [0, 0.1) is 11.7 Å². The summed E-state index contributed by atoms with van der Waals surface area (Å²) in [6, 6.07) is 16.9. The van der Waals surface area contributed by atoms with Crippen LogP contribution >= 0.6 is 0 Å². The van der Waals surface area contributed by atoms with E-state index in [9.17, 15) is 18.8 Å². The number of imide groups is 1. The Hall–Kier alpha value is -5.19. The van der Waals surface area contributed by atoms with Gasteiger partial charge in [0.1, 0.15) is 11.7 Å². The molecule has 1 aliphatic rings. The van der Waals surface area contributed by atoms with Crippen LogP contribution in [0.4, 0.5) is 31.9 Å². The maximum atomic E-state index is 13.4. The fraction of sp³-hybridized carbons (Fsp3) is 0.200. The third-order valence-electron chi connectivity index (χ3n) is 6.84. The normalized spacial score (nSPS) is 15.2. The molecule has 0 aliphatic carbocycles. The van der Waals surface area contributed by atoms with Gasteiger partial charge in [-0.05, 0) is 67.6 Å². The number of halogens is 1. The average molecular weight is 558 g/mol. The van der Waals surface area contributed by atoms with Crippen LogP contribution in [0.5, 0.6) is 11.5 Å². The van der Waals surface area contributed by atoms with Crippen LogP contribution in [0.3, 0.4) is 0 Å². The Labute approximate surface area is 235 Å². The van der Waals surface area contributed by atoms with E-state index in [-0.39, 0.29) is 12.2 Å². The lowest BCUT2D eigenvalue weighted by Gasteiger charge is -2.37. The third kappa shape index (κ3) is 5.46. The maximum absolute atomic E-state index is 13.4. The van der Waals surface area contributed by atoms with Gasteiger partial charge in [0, 0.05) is 47.8 Å². The monoisotopic (exact) mass is 557 g/mol. The van der Waals surface area contributed by atoms with Crippen molar-refractivity contribution in [3.63, 3.8) is 0 Å². The van der Waals surface area contributed by atoms with Gasteiger partial charge in [-0.3, -0.25) is 14.6 Å². The Morgan fingerprint density at radius 2 is 1.63 bits per heavy atom. The molecule has 0 spiro atoms. The highest BCUT2D eigenvalue weighted by atomic mass is 19.1. The van der Waals surface area contributed by atoms with E-state index in [4.69, 9.17) is 9.47 Å². The number of nitrogens with zero attached hydrogens (tertiary/aromatic N) is 3. The molecule has 210 valence electrons. The number of methoxy groups -OCH3 is 2. The zero-order valence-electron chi connectivity index (χ0n) is 22.7. The van der Waals surface area contributed by atoms with E-state index in [2.05, 4.69) is 15.6 Å². The lowest BCUT2D eigenvalue weighted by molar-refractivity contribution is -0.132. The van der Waals surface area contributed by atoms with E-state index in [0.717, 1.165) is 39.3 Å². The summed E-state index contributed by atoms with van der Waals surface area (Å²) in [7, 11) is 3.14. The number of carbonyl (C=O) groups excluding carboxylic acids is 3. The summed E-state index contributed by atoms with van der Waals surface area (Å²) in [5.41, 5.74) is 2.96. The van der Waals surface area contributed by atoms with E-state index < -0.39 is 29.6 Å². The van der Waals surface area contributed by atoms with Crippen LogP contribution in [-0.2, 0) is 9.59 Å². The summed E-state index contributed by atoms with van der Waals surface area (Å²) in [5, 5.41) is 6.96. The molecule has 3 aromatic carbocycles. The lowest BCUT2D eigenvalue weighted by atomic mass is 10.0. The maximum Gasteiger partial charge on any atom is 0.331 e. The van der Waals surface area contributed by atoms with E-state index in [1.54, 1.807) is 57.7 Å². The molecule has 1 atom stereocenters. The number of benzene rings is 3. The summed E-state index contributed by atoms with van der Waals surface area (Å²) < 4.78 is 24.2. The second kappa shape index (κ2) is 11.5. The fourth-order valence-corrected chi connectivity index (χ4v) is 4.66. The van der Waals surface area contributed by atoms with Crippen molar-refractivity contribution in [2.45, 2.75) is 6.92 Å². The lowest BCUT2D eigenvalue weighted by Crippen LogP contribution is -2.59. The molecule has 0 bridgehead atoms. The number of amides is 4. The van der Waals surface area contributed by atoms with Gasteiger partial charge in [0.25, 0.3) is 0 Å². The number of carbonyl (C=O) groups is 3. The average Bonchev–Trinajstić information content (AvgIpc) is 2.98. The molecule has 1 unspecified atom stereocenters. The van der Waals surface area contributed by atoms with Crippen LogP contribution in [0.15, 0.2) is 72.9 Å². The van der Waals surface area contributed by atoms with Gasteiger partial charge in [0.2, 0.25) is 11.8 Å². The SMILES string of the molecule is CCN1CC(C(=O)Nc2ccc(Nc3ccnc4cc(OC)c(OC)cc34)cc2)C(=O)N(c2ccc(F)cc2)C1=O. The number of ether oxygens (including phenoxy) is 2. The summed E-state index contributed by atoms with van der Waals surface area (Å²) in [6.45, 7) is 2.01. The van der Waals surface area contributed by atoms with Crippen LogP contribution in [0.25, 0.3) is 10.9 Å². The molecule has 1 aliphatic heterocycles. The minimum absolute atomic E-state index is 0.0549. The van der Waals surface area contributed by atoms with Gasteiger partial charge < -0.3 is 25.0 Å². The first-order valence-electron chi connectivity index (χ1n) is 12.9. The molecular formula is C30H28FN5O5. The first kappa shape index (κ1) is 27.4. The van der Waals surface area contributed by atoms with Crippen LogP contribution in [-0.4, -0.2) is 55.0 Å². The quantitative estimate of drug-likeness (QED) is 0.287. The van der Waals surface area contributed by atoms with E-state index in [1.165, 1.54) is 17.0 Å². The van der Waals surface area contributed by atoms with E-state index in [1.807, 2.05) is 12.1 Å². The summed E-state index contributed by atoms with van der Waals surface area (Å²) in [6.07, 6.45) is 1.69. The summed E-state index contributed by atoms with van der Waals surface area (Å²) >= 11 is 0. The highest BCUT2D eigenvalue weighted by Gasteiger charge is 2.43. The Morgan fingerprint density at radius 3 is 2.29 bits per heavy atom. The number of rotatable bonds is 8. The summed E-state index contributed by atoms with van der Waals surface area (Å²) in [5.74, 6) is -1.69. The molecule has 4 aromatic rings. The van der Waals surface area contributed by atoms with Crippen molar-refractivity contribution in [2.75, 3.05) is 42.8 Å². The number of pyridine rings is 1. The Morgan fingerprint density at radius 1 is 0.976 bits per heavy atom. The molecule has 10 nitrogen and oxygen atoms in total. The third-order valence-corrected chi connectivity index (χ3v) is 6.84. The van der Waals surface area contributed by atoms with Gasteiger partial charge in [-0.1, -0.05) is 0 Å². The predicted molar refractivity (Wildman–Crippen MR) is 153 cm³/mol. The van der Waals surface area contributed by atoms with Gasteiger partial charge in [0.15, 0.2) is 11.5 Å². The fourth-order valence-electron chi connectivity index (χ4n) is 4.66. The van der Waals surface area contributed by atoms with Crippen molar-refractivity contribution in [3.8, 4) is 11.5 Å². The molecule has 1 aromatic heterocycles. The number of urea groups is 1. The Balaban J connectivity index is 1.32. The van der Waals surface area contributed by atoms with Crippen molar-refractivity contribution in [1.82, 2.24) is 9.88 Å². The van der Waals surface area contributed by atoms with Crippen LogP contribution < -0.4 is 25.0 Å². The smallest absolute Gasteiger partial charge is 0.331 e. The van der Waals surface area contributed by atoms with Crippen molar-refractivity contribution < 1.29 is 28.2 Å². The molecule has 5 rings (SSSR count). The highest BCUT2D eigenvalue weighted by Crippen LogP contribution is 2.35. The standard InChI is InChI=1S/C30H28FN5O5/c1-4-35-17-23(29(38)36(30(35)39)21-11-5-18(31)6-12-21)28(37)34-20-9-7-19(8-10-20)33-24-13-14-32-25-16-27(41-3)26(40-2)15-22(24)25/h5-16,23H,4,17H2,1-3H3,(H,32,33)(H,34,37).